The number of benzene rings is 2. The second-order valence-electron chi connectivity index (χ2n) is 5.47. The highest BCUT2D eigenvalue weighted by Gasteiger charge is 2.10. The van der Waals surface area contributed by atoms with Gasteiger partial charge in [0.25, 0.3) is 5.56 Å². The van der Waals surface area contributed by atoms with E-state index < -0.39 is 0 Å². The molecule has 1 amide bonds. The molecule has 0 saturated heterocycles. The van der Waals surface area contributed by atoms with Gasteiger partial charge in [-0.3, -0.25) is 9.59 Å². The Balaban J connectivity index is 1.78. The Bertz CT molecular complexity index is 984. The van der Waals surface area contributed by atoms with Crippen LogP contribution in [-0.2, 0) is 11.3 Å². The third-order valence-corrected chi connectivity index (χ3v) is 4.01. The van der Waals surface area contributed by atoms with Crippen LogP contribution in [0.15, 0.2) is 65.5 Å². The smallest absolute Gasteiger partial charge is 0.267 e. The van der Waals surface area contributed by atoms with Crippen LogP contribution in [0.4, 0.5) is 5.69 Å². The number of nitrogens with zero attached hydrogens (tertiary/aromatic N) is 2. The third-order valence-electron chi connectivity index (χ3n) is 3.68. The first-order valence-electron chi connectivity index (χ1n) is 7.84. The lowest BCUT2D eigenvalue weighted by atomic mass is 10.1. The average Bonchev–Trinajstić information content (AvgIpc) is 2.65. The van der Waals surface area contributed by atoms with Crippen LogP contribution in [0.2, 0.25) is 5.02 Å². The van der Waals surface area contributed by atoms with Crippen molar-refractivity contribution in [2.24, 2.45) is 0 Å². The molecule has 0 saturated carbocycles. The van der Waals surface area contributed by atoms with Gasteiger partial charge in [-0.25, -0.2) is 4.68 Å². The van der Waals surface area contributed by atoms with Gasteiger partial charge in [-0.2, -0.15) is 5.10 Å². The van der Waals surface area contributed by atoms with Gasteiger partial charge >= 0.3 is 0 Å². The van der Waals surface area contributed by atoms with E-state index in [2.05, 4.69) is 10.4 Å². The summed E-state index contributed by atoms with van der Waals surface area (Å²) < 4.78 is 6.18. The number of rotatable bonds is 5. The minimum absolute atomic E-state index is 0.205. The van der Waals surface area contributed by atoms with Gasteiger partial charge in [0.15, 0.2) is 0 Å². The molecule has 3 aromatic rings. The number of carbonyl (C=O) groups is 1. The summed E-state index contributed by atoms with van der Waals surface area (Å²) in [6, 6.07) is 17.0. The van der Waals surface area contributed by atoms with Crippen molar-refractivity contribution in [2.75, 3.05) is 12.4 Å². The summed E-state index contributed by atoms with van der Waals surface area (Å²) in [5, 5.41) is 7.49. The minimum Gasteiger partial charge on any atom is -0.497 e. The molecule has 0 aliphatic carbocycles. The normalized spacial score (nSPS) is 10.4. The molecule has 3 rings (SSSR count). The molecule has 0 radical (unpaired) electrons. The van der Waals surface area contributed by atoms with Crippen molar-refractivity contribution in [1.29, 1.82) is 0 Å². The van der Waals surface area contributed by atoms with Crippen LogP contribution in [0, 0.1) is 0 Å². The third kappa shape index (κ3) is 4.10. The molecule has 2 aromatic carbocycles. The van der Waals surface area contributed by atoms with Gasteiger partial charge in [0, 0.05) is 17.3 Å². The summed E-state index contributed by atoms with van der Waals surface area (Å²) >= 11 is 6.17. The topological polar surface area (TPSA) is 73.2 Å². The molecule has 6 nitrogen and oxygen atoms in total. The monoisotopic (exact) mass is 369 g/mol. The molecule has 0 unspecified atom stereocenters. The van der Waals surface area contributed by atoms with E-state index in [1.807, 2.05) is 12.1 Å². The molecule has 26 heavy (non-hydrogen) atoms. The van der Waals surface area contributed by atoms with Crippen molar-refractivity contribution in [3.63, 3.8) is 0 Å². The van der Waals surface area contributed by atoms with Crippen LogP contribution in [-0.4, -0.2) is 22.8 Å². The van der Waals surface area contributed by atoms with Crippen LogP contribution >= 0.6 is 11.6 Å². The highest BCUT2D eigenvalue weighted by atomic mass is 35.5. The molecule has 0 atom stereocenters. The molecule has 0 aliphatic heterocycles. The van der Waals surface area contributed by atoms with Gasteiger partial charge < -0.3 is 10.1 Å². The van der Waals surface area contributed by atoms with Crippen molar-refractivity contribution in [3.05, 3.63) is 76.0 Å². The lowest BCUT2D eigenvalue weighted by Crippen LogP contribution is -2.29. The van der Waals surface area contributed by atoms with Crippen molar-refractivity contribution in [2.45, 2.75) is 6.54 Å². The fourth-order valence-corrected chi connectivity index (χ4v) is 2.62. The van der Waals surface area contributed by atoms with Crippen molar-refractivity contribution >= 4 is 23.2 Å². The summed E-state index contributed by atoms with van der Waals surface area (Å²) in [4.78, 5) is 24.3. The summed E-state index contributed by atoms with van der Waals surface area (Å²) in [7, 11) is 1.57. The van der Waals surface area contributed by atoms with Gasteiger partial charge in [-0.05, 0) is 36.4 Å². The summed E-state index contributed by atoms with van der Waals surface area (Å²) in [6.45, 7) is -0.205. The fourth-order valence-electron chi connectivity index (χ4n) is 2.39. The number of ether oxygens (including phenoxy) is 1. The van der Waals surface area contributed by atoms with E-state index in [1.165, 1.54) is 6.07 Å². The molecule has 0 bridgehead atoms. The number of amides is 1. The number of hydrogen-bond acceptors (Lipinski definition) is 4. The van der Waals surface area contributed by atoms with Gasteiger partial charge in [-0.15, -0.1) is 0 Å². The number of anilines is 1. The maximum Gasteiger partial charge on any atom is 0.267 e. The highest BCUT2D eigenvalue weighted by Crippen LogP contribution is 2.24. The van der Waals surface area contributed by atoms with Crippen LogP contribution in [0.5, 0.6) is 5.75 Å². The highest BCUT2D eigenvalue weighted by molar-refractivity contribution is 6.33. The summed E-state index contributed by atoms with van der Waals surface area (Å²) in [5.41, 5.74) is 1.45. The first kappa shape index (κ1) is 17.7. The second kappa shape index (κ2) is 7.84. The van der Waals surface area contributed by atoms with Crippen molar-refractivity contribution < 1.29 is 9.53 Å². The van der Waals surface area contributed by atoms with Crippen LogP contribution < -0.4 is 15.6 Å². The first-order valence-corrected chi connectivity index (χ1v) is 8.21. The van der Waals surface area contributed by atoms with E-state index in [0.717, 1.165) is 4.68 Å². The lowest BCUT2D eigenvalue weighted by molar-refractivity contribution is -0.117. The molecular weight excluding hydrogens is 354 g/mol. The Morgan fingerprint density at radius 2 is 1.85 bits per heavy atom. The number of nitrogens with one attached hydrogen (secondary N) is 1. The standard InChI is InChI=1S/C19H16ClN3O3/c1-26-14-8-6-13(7-9-14)21-18(24)12-23-19(25)11-10-17(22-23)15-4-2-3-5-16(15)20/h2-11H,12H2,1H3,(H,21,24). The Morgan fingerprint density at radius 1 is 1.12 bits per heavy atom. The van der Waals surface area contributed by atoms with E-state index in [0.29, 0.717) is 27.7 Å². The average molecular weight is 370 g/mol. The molecule has 7 heteroatoms. The zero-order chi connectivity index (χ0) is 18.5. The summed E-state index contributed by atoms with van der Waals surface area (Å²) in [5.74, 6) is 0.328. The number of halogens is 1. The first-order chi connectivity index (χ1) is 12.6. The molecule has 132 valence electrons. The number of hydrogen-bond donors (Lipinski definition) is 1. The lowest BCUT2D eigenvalue weighted by Gasteiger charge is -2.09. The number of aromatic nitrogens is 2. The molecule has 0 spiro atoms. The van der Waals surface area contributed by atoms with Gasteiger partial charge in [0.2, 0.25) is 5.91 Å². The molecule has 1 heterocycles. The minimum atomic E-state index is -0.370. The Labute approximate surface area is 155 Å². The van der Waals surface area contributed by atoms with Crippen molar-refractivity contribution in [3.8, 4) is 17.0 Å². The predicted octanol–water partition coefficient (Wildman–Crippen LogP) is 3.21. The van der Waals surface area contributed by atoms with Crippen LogP contribution in [0.1, 0.15) is 0 Å². The van der Waals surface area contributed by atoms with Gasteiger partial charge in [0.05, 0.1) is 17.8 Å². The molecule has 1 aromatic heterocycles. The molecule has 0 fully saturated rings. The van der Waals surface area contributed by atoms with Gasteiger partial charge in [-0.1, -0.05) is 29.8 Å². The molecular formula is C19H16ClN3O3. The Hall–Kier alpha value is -3.12. The zero-order valence-corrected chi connectivity index (χ0v) is 14.7. The Morgan fingerprint density at radius 3 is 2.54 bits per heavy atom. The largest absolute Gasteiger partial charge is 0.497 e. The second-order valence-corrected chi connectivity index (χ2v) is 5.88. The zero-order valence-electron chi connectivity index (χ0n) is 14.0. The van der Waals surface area contributed by atoms with Crippen LogP contribution in [0.3, 0.4) is 0 Å². The SMILES string of the molecule is COc1ccc(NC(=O)Cn2nc(-c3ccccc3Cl)ccc2=O)cc1. The van der Waals surface area contributed by atoms with E-state index in [1.54, 1.807) is 49.6 Å². The van der Waals surface area contributed by atoms with Crippen molar-refractivity contribution in [1.82, 2.24) is 9.78 Å². The van der Waals surface area contributed by atoms with Crippen LogP contribution in [0.25, 0.3) is 11.3 Å². The van der Waals surface area contributed by atoms with E-state index >= 15 is 0 Å². The van der Waals surface area contributed by atoms with E-state index in [9.17, 15) is 9.59 Å². The molecule has 0 aliphatic rings. The fraction of sp³-hybridized carbons (Fsp3) is 0.105. The quantitative estimate of drug-likeness (QED) is 0.749. The van der Waals surface area contributed by atoms with Gasteiger partial charge in [0.1, 0.15) is 12.3 Å². The Kier molecular flexibility index (Phi) is 5.34. The summed E-state index contributed by atoms with van der Waals surface area (Å²) in [6.07, 6.45) is 0. The predicted molar refractivity (Wildman–Crippen MR) is 101 cm³/mol. The maximum absolute atomic E-state index is 12.2. The number of carbonyl (C=O) groups excluding carboxylic acids is 1. The van der Waals surface area contributed by atoms with E-state index in [4.69, 9.17) is 16.3 Å². The number of methoxy groups -OCH3 is 1. The van der Waals surface area contributed by atoms with E-state index in [-0.39, 0.29) is 18.0 Å². The maximum atomic E-state index is 12.2. The molecule has 1 N–H and O–H groups in total.